The summed E-state index contributed by atoms with van der Waals surface area (Å²) in [4.78, 5) is 54.2. The molecule has 2 aliphatic rings. The maximum absolute atomic E-state index is 13.8. The number of esters is 1. The largest absolute Gasteiger partial charge is 0.469 e. The van der Waals surface area contributed by atoms with E-state index in [9.17, 15) is 19.2 Å². The third-order valence-electron chi connectivity index (χ3n) is 7.47. The van der Waals surface area contributed by atoms with Gasteiger partial charge in [0.2, 0.25) is 5.91 Å². The highest BCUT2D eigenvalue weighted by atomic mass is 16.5. The molecule has 2 fully saturated rings. The lowest BCUT2D eigenvalue weighted by molar-refractivity contribution is -0.151. The number of nitrogens with zero attached hydrogens (tertiary/aromatic N) is 1. The van der Waals surface area contributed by atoms with E-state index in [1.54, 1.807) is 4.90 Å². The van der Waals surface area contributed by atoms with Crippen molar-refractivity contribution < 1.29 is 23.9 Å². The second kappa shape index (κ2) is 9.87. The summed E-state index contributed by atoms with van der Waals surface area (Å²) in [6.07, 6.45) is 2.84. The van der Waals surface area contributed by atoms with Crippen LogP contribution in [0.15, 0.2) is 0 Å². The zero-order chi connectivity index (χ0) is 25.4. The summed E-state index contributed by atoms with van der Waals surface area (Å²) in [5, 5.41) is 0. The number of Topliss-reactive ketones (excluding diaryl/α,β-unsaturated/α-hetero) is 2. The lowest BCUT2D eigenvalue weighted by Crippen LogP contribution is -2.48. The zero-order valence-electron chi connectivity index (χ0n) is 22.2. The molecular weight excluding hydrogens is 418 g/mol. The van der Waals surface area contributed by atoms with Gasteiger partial charge in [0.25, 0.3) is 0 Å². The number of ether oxygens (including phenoxy) is 1. The van der Waals surface area contributed by atoms with E-state index in [0.29, 0.717) is 25.8 Å². The van der Waals surface area contributed by atoms with Gasteiger partial charge in [-0.3, -0.25) is 19.2 Å². The fraction of sp³-hybridized carbons (Fsp3) is 0.852. The minimum absolute atomic E-state index is 0.0530. The number of hydrogen-bond acceptors (Lipinski definition) is 5. The van der Waals surface area contributed by atoms with E-state index in [0.717, 1.165) is 6.42 Å². The first-order valence-electron chi connectivity index (χ1n) is 12.5. The first-order chi connectivity index (χ1) is 15.1. The second-order valence-electron chi connectivity index (χ2n) is 12.8. The Balaban J connectivity index is 2.23. The van der Waals surface area contributed by atoms with Crippen molar-refractivity contribution >= 4 is 23.4 Å². The topological polar surface area (TPSA) is 80.8 Å². The Labute approximate surface area is 200 Å². The van der Waals surface area contributed by atoms with Gasteiger partial charge in [0, 0.05) is 31.7 Å². The number of carbonyl (C=O) groups excluding carboxylic acids is 4. The van der Waals surface area contributed by atoms with E-state index in [2.05, 4.69) is 0 Å². The Morgan fingerprint density at radius 3 is 2.15 bits per heavy atom. The average Bonchev–Trinajstić information content (AvgIpc) is 3.25. The predicted molar refractivity (Wildman–Crippen MR) is 128 cm³/mol. The van der Waals surface area contributed by atoms with Crippen LogP contribution in [-0.4, -0.2) is 48.0 Å². The summed E-state index contributed by atoms with van der Waals surface area (Å²) < 4.78 is 5.03. The van der Waals surface area contributed by atoms with Crippen molar-refractivity contribution in [1.29, 1.82) is 0 Å². The van der Waals surface area contributed by atoms with Gasteiger partial charge in [-0.1, -0.05) is 61.8 Å². The van der Waals surface area contributed by atoms with Gasteiger partial charge in [0.05, 0.1) is 18.6 Å². The van der Waals surface area contributed by atoms with E-state index in [4.69, 9.17) is 4.74 Å². The Hall–Kier alpha value is -1.72. The Bertz CT molecular complexity index is 774. The summed E-state index contributed by atoms with van der Waals surface area (Å²) in [5.41, 5.74) is -1.26. The molecule has 1 amide bonds. The molecule has 33 heavy (non-hydrogen) atoms. The van der Waals surface area contributed by atoms with Crippen molar-refractivity contribution in [3.63, 3.8) is 0 Å². The van der Waals surface area contributed by atoms with Crippen molar-refractivity contribution in [3.8, 4) is 0 Å². The third-order valence-corrected chi connectivity index (χ3v) is 7.47. The van der Waals surface area contributed by atoms with Gasteiger partial charge >= 0.3 is 5.97 Å². The van der Waals surface area contributed by atoms with Crippen molar-refractivity contribution in [2.45, 2.75) is 100.0 Å². The molecule has 6 heteroatoms. The zero-order valence-corrected chi connectivity index (χ0v) is 22.2. The molecule has 188 valence electrons. The van der Waals surface area contributed by atoms with Gasteiger partial charge in [-0.25, -0.2) is 0 Å². The van der Waals surface area contributed by atoms with Crippen LogP contribution in [-0.2, 0) is 23.9 Å². The molecule has 0 bridgehead atoms. The van der Waals surface area contributed by atoms with E-state index in [1.165, 1.54) is 7.11 Å². The fourth-order valence-corrected chi connectivity index (χ4v) is 5.54. The van der Waals surface area contributed by atoms with E-state index in [1.807, 2.05) is 55.4 Å². The van der Waals surface area contributed by atoms with Crippen LogP contribution < -0.4 is 0 Å². The van der Waals surface area contributed by atoms with Gasteiger partial charge < -0.3 is 9.64 Å². The van der Waals surface area contributed by atoms with E-state index in [-0.39, 0.29) is 53.5 Å². The summed E-state index contributed by atoms with van der Waals surface area (Å²) >= 11 is 0. The lowest BCUT2D eigenvalue weighted by atomic mass is 9.75. The molecule has 0 unspecified atom stereocenters. The van der Waals surface area contributed by atoms with Crippen LogP contribution >= 0.6 is 0 Å². The van der Waals surface area contributed by atoms with Gasteiger partial charge in [0.1, 0.15) is 5.78 Å². The van der Waals surface area contributed by atoms with Crippen LogP contribution in [0.1, 0.15) is 93.9 Å². The molecule has 0 spiro atoms. The summed E-state index contributed by atoms with van der Waals surface area (Å²) in [5.74, 6) is -0.512. The molecule has 1 heterocycles. The minimum atomic E-state index is -0.729. The molecular formula is C27H45NO5. The van der Waals surface area contributed by atoms with Crippen molar-refractivity contribution in [2.75, 3.05) is 13.7 Å². The standard InChI is InChI=1S/C27H45NO5/c1-10-18-13-27(18,24(32)33-9)15-22(30)21-11-17(2)16-28(21)23(31)20(26(6,7)8)12-19(29)14-25(3,4)5/h17-18,20-21H,10-16H2,1-9H3/t17-,18+,20+,21-,27+/m0/s1. The molecule has 0 radical (unpaired) electrons. The number of likely N-dealkylation sites (tertiary alicyclic amines) is 1. The number of amides is 1. The molecule has 1 saturated carbocycles. The molecule has 2 rings (SSSR count). The number of rotatable bonds is 9. The maximum Gasteiger partial charge on any atom is 0.312 e. The third kappa shape index (κ3) is 6.45. The first kappa shape index (κ1) is 27.5. The minimum Gasteiger partial charge on any atom is -0.469 e. The summed E-state index contributed by atoms with van der Waals surface area (Å²) in [6, 6.07) is -0.533. The van der Waals surface area contributed by atoms with Crippen molar-refractivity contribution in [3.05, 3.63) is 0 Å². The molecule has 0 N–H and O–H groups in total. The summed E-state index contributed by atoms with van der Waals surface area (Å²) in [6.45, 7) is 16.6. The normalized spacial score (nSPS) is 28.4. The van der Waals surface area contributed by atoms with Crippen molar-refractivity contribution in [2.24, 2.45) is 34.0 Å². The number of carbonyl (C=O) groups is 4. The van der Waals surface area contributed by atoms with Crippen LogP contribution in [0.3, 0.4) is 0 Å². The summed E-state index contributed by atoms with van der Waals surface area (Å²) in [7, 11) is 1.37. The average molecular weight is 464 g/mol. The van der Waals surface area contributed by atoms with E-state index < -0.39 is 22.8 Å². The van der Waals surface area contributed by atoms with Crippen LogP contribution in [0, 0.1) is 34.0 Å². The Morgan fingerprint density at radius 1 is 1.09 bits per heavy atom. The van der Waals surface area contributed by atoms with Crippen LogP contribution in [0.4, 0.5) is 0 Å². The molecule has 5 atom stereocenters. The SMILES string of the molecule is CC[C@@H]1C[C@]1(CC(=O)[C@@H]1C[C@H](C)CN1C(=O)[C@@H](CC(=O)CC(C)(C)C)C(C)(C)C)C(=O)OC. The van der Waals surface area contributed by atoms with Crippen LogP contribution in [0.2, 0.25) is 0 Å². The number of ketones is 2. The van der Waals surface area contributed by atoms with Gasteiger partial charge in [-0.2, -0.15) is 0 Å². The molecule has 6 nitrogen and oxygen atoms in total. The highest BCUT2D eigenvalue weighted by Gasteiger charge is 2.61. The molecule has 1 aliphatic heterocycles. The van der Waals surface area contributed by atoms with Crippen LogP contribution in [0.25, 0.3) is 0 Å². The monoisotopic (exact) mass is 463 g/mol. The lowest BCUT2D eigenvalue weighted by Gasteiger charge is -2.35. The van der Waals surface area contributed by atoms with Gasteiger partial charge in [0.15, 0.2) is 5.78 Å². The Kier molecular flexibility index (Phi) is 8.23. The van der Waals surface area contributed by atoms with Gasteiger partial charge in [-0.15, -0.1) is 0 Å². The quantitative estimate of drug-likeness (QED) is 0.458. The molecule has 0 aromatic heterocycles. The van der Waals surface area contributed by atoms with Gasteiger partial charge in [-0.05, 0) is 35.5 Å². The van der Waals surface area contributed by atoms with E-state index >= 15 is 0 Å². The molecule has 0 aromatic carbocycles. The number of methoxy groups -OCH3 is 1. The highest BCUT2D eigenvalue weighted by Crippen LogP contribution is 2.58. The predicted octanol–water partition coefficient (Wildman–Crippen LogP) is 4.83. The molecule has 1 aliphatic carbocycles. The molecule has 0 aromatic rings. The van der Waals surface area contributed by atoms with Crippen LogP contribution in [0.5, 0.6) is 0 Å². The maximum atomic E-state index is 13.8. The first-order valence-corrected chi connectivity index (χ1v) is 12.5. The van der Waals surface area contributed by atoms with Crippen molar-refractivity contribution in [1.82, 2.24) is 4.90 Å². The molecule has 1 saturated heterocycles. The Morgan fingerprint density at radius 2 is 1.70 bits per heavy atom. The second-order valence-corrected chi connectivity index (χ2v) is 12.8. The highest BCUT2D eigenvalue weighted by molar-refractivity contribution is 5.96. The smallest absolute Gasteiger partial charge is 0.312 e. The number of hydrogen-bond donors (Lipinski definition) is 0. The fourth-order valence-electron chi connectivity index (χ4n) is 5.54.